The largest absolute Gasteiger partial charge is 0.455 e. The fourth-order valence-electron chi connectivity index (χ4n) is 5.08. The van der Waals surface area contributed by atoms with E-state index in [1.165, 1.54) is 128 Å². The van der Waals surface area contributed by atoms with E-state index in [1.54, 1.807) is 0 Å². The summed E-state index contributed by atoms with van der Waals surface area (Å²) >= 11 is 0. The topological polar surface area (TPSA) is 26.3 Å². The number of unbranched alkanes of at least 4 members (excludes halogenated alkanes) is 21. The van der Waals surface area contributed by atoms with Gasteiger partial charge in [0, 0.05) is 18.4 Å². The number of allylic oxidation sites excluding steroid dienone is 2. The smallest absolute Gasteiger partial charge is 0.334 e. The summed E-state index contributed by atoms with van der Waals surface area (Å²) in [5.41, 5.74) is 0.892. The molecule has 0 aliphatic carbocycles. The van der Waals surface area contributed by atoms with Crippen LogP contribution < -0.4 is 0 Å². The molecule has 2 heteroatoms. The van der Waals surface area contributed by atoms with Gasteiger partial charge in [-0.15, -0.1) is 11.8 Å². The summed E-state index contributed by atoms with van der Waals surface area (Å²) in [5.74, 6) is 6.63. The second-order valence-corrected chi connectivity index (χ2v) is 11.2. The lowest BCUT2D eigenvalue weighted by Crippen LogP contribution is -2.03. The van der Waals surface area contributed by atoms with Crippen LogP contribution in [0.2, 0.25) is 0 Å². The van der Waals surface area contributed by atoms with Gasteiger partial charge >= 0.3 is 5.97 Å². The fourth-order valence-corrected chi connectivity index (χ4v) is 5.08. The number of esters is 1. The van der Waals surface area contributed by atoms with Crippen molar-refractivity contribution in [1.82, 2.24) is 0 Å². The zero-order valence-electron chi connectivity index (χ0n) is 24.8. The number of hydrogen-bond acceptors (Lipinski definition) is 2. The van der Waals surface area contributed by atoms with Crippen LogP contribution in [-0.2, 0) is 9.53 Å². The van der Waals surface area contributed by atoms with Crippen LogP contribution in [0.25, 0.3) is 0 Å². The molecule has 212 valence electrons. The minimum atomic E-state index is -0.0966. The maximum atomic E-state index is 11.6. The quantitative estimate of drug-likeness (QED) is 0.0526. The zero-order valence-corrected chi connectivity index (χ0v) is 24.8. The van der Waals surface area contributed by atoms with E-state index in [2.05, 4.69) is 30.9 Å². The first-order valence-electron chi connectivity index (χ1n) is 16.3. The van der Waals surface area contributed by atoms with Crippen molar-refractivity contribution in [3.63, 3.8) is 0 Å². The molecule has 0 N–H and O–H groups in total. The molecule has 0 aromatic heterocycles. The number of hydrogen-bond donors (Lipinski definition) is 0. The number of rotatable bonds is 25. The maximum absolute atomic E-state index is 11.6. The molecule has 0 aromatic carbocycles. The Morgan fingerprint density at radius 1 is 0.649 bits per heavy atom. The van der Waals surface area contributed by atoms with E-state index in [-0.39, 0.29) is 12.1 Å². The third-order valence-electron chi connectivity index (χ3n) is 7.44. The molecule has 0 amide bonds. The second-order valence-electron chi connectivity index (χ2n) is 11.2. The van der Waals surface area contributed by atoms with Crippen molar-refractivity contribution in [2.24, 2.45) is 0 Å². The average Bonchev–Trinajstić information content (AvgIpc) is 3.22. The Labute approximate surface area is 231 Å². The number of carbonyl (C=O) groups excluding carboxylic acids is 1. The molecular weight excluding hydrogens is 452 g/mol. The lowest BCUT2D eigenvalue weighted by molar-refractivity contribution is -0.139. The van der Waals surface area contributed by atoms with Gasteiger partial charge in [-0.3, -0.25) is 0 Å². The summed E-state index contributed by atoms with van der Waals surface area (Å²) in [5, 5.41) is 0. The van der Waals surface area contributed by atoms with Crippen LogP contribution in [0, 0.1) is 11.8 Å². The van der Waals surface area contributed by atoms with Gasteiger partial charge in [0.25, 0.3) is 0 Å². The normalized spacial score (nSPS) is 15.1. The molecule has 1 aliphatic heterocycles. The van der Waals surface area contributed by atoms with E-state index in [9.17, 15) is 4.79 Å². The van der Waals surface area contributed by atoms with Crippen LogP contribution in [0.4, 0.5) is 0 Å². The van der Waals surface area contributed by atoms with E-state index in [0.29, 0.717) is 0 Å². The summed E-state index contributed by atoms with van der Waals surface area (Å²) < 4.78 is 5.15. The second kappa shape index (κ2) is 26.1. The van der Waals surface area contributed by atoms with Crippen LogP contribution in [0.3, 0.4) is 0 Å². The third kappa shape index (κ3) is 22.2. The van der Waals surface area contributed by atoms with Crippen LogP contribution in [0.5, 0.6) is 0 Å². The molecule has 0 fully saturated rings. The predicted molar refractivity (Wildman–Crippen MR) is 162 cm³/mol. The first kappa shape index (κ1) is 33.5. The van der Waals surface area contributed by atoms with Gasteiger partial charge in [0.1, 0.15) is 6.10 Å². The molecule has 1 aliphatic rings. The number of carbonyl (C=O) groups is 1. The molecule has 0 radical (unpaired) electrons. The van der Waals surface area contributed by atoms with Gasteiger partial charge in [0.15, 0.2) is 0 Å². The molecule has 37 heavy (non-hydrogen) atoms. The summed E-state index contributed by atoms with van der Waals surface area (Å²) in [6, 6.07) is 0. The SMILES string of the molecule is CCCCCCCCCCCC/C=C/CCC#CCCCCCCCCCCCCC1=C[C@H](C)OC1=O. The van der Waals surface area contributed by atoms with E-state index < -0.39 is 0 Å². The monoisotopic (exact) mass is 512 g/mol. The molecule has 0 aromatic rings. The highest BCUT2D eigenvalue weighted by Crippen LogP contribution is 2.20. The van der Waals surface area contributed by atoms with Gasteiger partial charge < -0.3 is 4.74 Å². The van der Waals surface area contributed by atoms with E-state index >= 15 is 0 Å². The lowest BCUT2D eigenvalue weighted by atomic mass is 10.0. The standard InChI is InChI=1S/C35H60O2/c1-3-4-5-6-7-8-9-10-11-12-13-14-15-16-17-18-19-20-21-22-23-24-25-26-27-28-29-30-31-34-32-33(2)37-35(34)36/h14-15,32-33H,3-13,16-17,20-31H2,1-2H3/b15-14+/t33-/m0/s1. The van der Waals surface area contributed by atoms with Gasteiger partial charge in [-0.2, -0.15) is 0 Å². The van der Waals surface area contributed by atoms with Crippen molar-refractivity contribution in [2.75, 3.05) is 0 Å². The zero-order chi connectivity index (χ0) is 26.7. The van der Waals surface area contributed by atoms with Gasteiger partial charge in [-0.1, -0.05) is 128 Å². The van der Waals surface area contributed by atoms with Crippen LogP contribution in [0.1, 0.15) is 174 Å². The Morgan fingerprint density at radius 2 is 1.14 bits per heavy atom. The molecule has 0 bridgehead atoms. The fraction of sp³-hybridized carbons (Fsp3) is 0.800. The van der Waals surface area contributed by atoms with Crippen molar-refractivity contribution in [1.29, 1.82) is 0 Å². The predicted octanol–water partition coefficient (Wildman–Crippen LogP) is 11.2. The average molecular weight is 513 g/mol. The first-order chi connectivity index (χ1) is 18.2. The molecule has 1 heterocycles. The summed E-state index contributed by atoms with van der Waals surface area (Å²) in [7, 11) is 0. The molecular formula is C35H60O2. The molecule has 1 atom stereocenters. The van der Waals surface area contributed by atoms with Crippen LogP contribution in [-0.4, -0.2) is 12.1 Å². The van der Waals surface area contributed by atoms with Gasteiger partial charge in [0.2, 0.25) is 0 Å². The minimum absolute atomic E-state index is 0.0224. The van der Waals surface area contributed by atoms with Crippen molar-refractivity contribution >= 4 is 5.97 Å². The Kier molecular flexibility index (Phi) is 23.7. The highest BCUT2D eigenvalue weighted by molar-refractivity contribution is 5.90. The lowest BCUT2D eigenvalue weighted by Gasteiger charge is -2.03. The van der Waals surface area contributed by atoms with Crippen molar-refractivity contribution in [3.05, 3.63) is 23.8 Å². The molecule has 1 rings (SSSR count). The van der Waals surface area contributed by atoms with Gasteiger partial charge in [-0.25, -0.2) is 4.79 Å². The Morgan fingerprint density at radius 3 is 1.70 bits per heavy atom. The summed E-state index contributed by atoms with van der Waals surface area (Å²) in [4.78, 5) is 11.6. The molecule has 0 spiro atoms. The molecule has 2 nitrogen and oxygen atoms in total. The molecule has 0 unspecified atom stereocenters. The highest BCUT2D eigenvalue weighted by Gasteiger charge is 2.21. The van der Waals surface area contributed by atoms with E-state index in [0.717, 1.165) is 37.7 Å². The maximum Gasteiger partial charge on any atom is 0.334 e. The Bertz CT molecular complexity index is 648. The van der Waals surface area contributed by atoms with Gasteiger partial charge in [-0.05, 0) is 51.5 Å². The minimum Gasteiger partial charge on any atom is -0.455 e. The Hall–Kier alpha value is -1.49. The van der Waals surface area contributed by atoms with Crippen LogP contribution in [0.15, 0.2) is 23.8 Å². The summed E-state index contributed by atoms with van der Waals surface area (Å²) in [6.45, 7) is 4.22. The number of ether oxygens (including phenoxy) is 1. The first-order valence-corrected chi connectivity index (χ1v) is 16.3. The third-order valence-corrected chi connectivity index (χ3v) is 7.44. The highest BCUT2D eigenvalue weighted by atomic mass is 16.5. The van der Waals surface area contributed by atoms with Gasteiger partial charge in [0.05, 0.1) is 0 Å². The Balaban J connectivity index is 1.73. The van der Waals surface area contributed by atoms with E-state index in [4.69, 9.17) is 4.74 Å². The summed E-state index contributed by atoms with van der Waals surface area (Å²) in [6.07, 6.45) is 39.2. The van der Waals surface area contributed by atoms with Crippen LogP contribution >= 0.6 is 0 Å². The van der Waals surface area contributed by atoms with Crippen molar-refractivity contribution in [3.8, 4) is 11.8 Å². The molecule has 0 saturated heterocycles. The van der Waals surface area contributed by atoms with Crippen molar-refractivity contribution < 1.29 is 9.53 Å². The van der Waals surface area contributed by atoms with E-state index in [1.807, 2.05) is 13.0 Å². The van der Waals surface area contributed by atoms with Crippen molar-refractivity contribution in [2.45, 2.75) is 180 Å². The molecule has 0 saturated carbocycles. The number of cyclic esters (lactones) is 1.